The minimum atomic E-state index is -0.368. The summed E-state index contributed by atoms with van der Waals surface area (Å²) in [6, 6.07) is 20.3. The molecule has 0 saturated heterocycles. The molecule has 0 heterocycles. The Hall–Kier alpha value is -3.67. The Labute approximate surface area is 175 Å². The molecule has 3 N–H and O–H groups in total. The van der Waals surface area contributed by atoms with Gasteiger partial charge in [-0.2, -0.15) is 0 Å². The van der Waals surface area contributed by atoms with Gasteiger partial charge in [-0.25, -0.2) is 9.18 Å². The van der Waals surface area contributed by atoms with Gasteiger partial charge in [0, 0.05) is 23.5 Å². The van der Waals surface area contributed by atoms with Gasteiger partial charge in [0.1, 0.15) is 5.82 Å². The van der Waals surface area contributed by atoms with Gasteiger partial charge in [-0.05, 0) is 60.4 Å². The number of rotatable bonds is 6. The highest BCUT2D eigenvalue weighted by Crippen LogP contribution is 2.23. The molecule has 0 aliphatic carbocycles. The Kier molecular flexibility index (Phi) is 6.80. The summed E-state index contributed by atoms with van der Waals surface area (Å²) in [7, 11) is 0. The highest BCUT2D eigenvalue weighted by Gasteiger charge is 2.13. The van der Waals surface area contributed by atoms with Gasteiger partial charge in [-0.15, -0.1) is 0 Å². The maximum Gasteiger partial charge on any atom is 0.323 e. The number of amides is 3. The Balaban J connectivity index is 1.61. The lowest BCUT2D eigenvalue weighted by atomic mass is 9.97. The van der Waals surface area contributed by atoms with Crippen molar-refractivity contribution in [2.75, 3.05) is 16.0 Å². The standard InChI is InChI=1S/C24H24FN3O2/c1-16-8-13-21(27-24(30)26-20-6-4-3-5-7-20)15-22(16)28-23(29)14-17(2)18-9-11-19(25)12-10-18/h3-13,15,17H,14H2,1-2H3,(H,28,29)(H2,26,27,30). The average molecular weight is 405 g/mol. The summed E-state index contributed by atoms with van der Waals surface area (Å²) in [6.07, 6.45) is 0.261. The third-order valence-electron chi connectivity index (χ3n) is 4.73. The van der Waals surface area contributed by atoms with Crippen LogP contribution in [0.2, 0.25) is 0 Å². The molecule has 0 aromatic heterocycles. The van der Waals surface area contributed by atoms with Crippen molar-refractivity contribution < 1.29 is 14.0 Å². The molecule has 0 saturated carbocycles. The van der Waals surface area contributed by atoms with E-state index in [0.717, 1.165) is 11.1 Å². The minimum absolute atomic E-state index is 0.0520. The van der Waals surface area contributed by atoms with Crippen LogP contribution < -0.4 is 16.0 Å². The van der Waals surface area contributed by atoms with Crippen LogP contribution in [0.25, 0.3) is 0 Å². The summed E-state index contributed by atoms with van der Waals surface area (Å²) in [4.78, 5) is 24.7. The second-order valence-corrected chi connectivity index (χ2v) is 7.18. The molecule has 0 radical (unpaired) electrons. The molecule has 0 spiro atoms. The van der Waals surface area contributed by atoms with Crippen molar-refractivity contribution in [3.05, 3.63) is 89.7 Å². The van der Waals surface area contributed by atoms with Gasteiger partial charge >= 0.3 is 6.03 Å². The van der Waals surface area contributed by atoms with Crippen molar-refractivity contribution in [3.63, 3.8) is 0 Å². The number of hydrogen-bond donors (Lipinski definition) is 3. The molecule has 3 aromatic rings. The normalized spacial score (nSPS) is 11.4. The summed E-state index contributed by atoms with van der Waals surface area (Å²) < 4.78 is 13.1. The topological polar surface area (TPSA) is 70.2 Å². The maximum absolute atomic E-state index is 13.1. The van der Waals surface area contributed by atoms with Gasteiger partial charge in [0.05, 0.1) is 0 Å². The highest BCUT2D eigenvalue weighted by molar-refractivity contribution is 6.00. The van der Waals surface area contributed by atoms with E-state index in [4.69, 9.17) is 0 Å². The molecular formula is C24H24FN3O2. The number of para-hydroxylation sites is 1. The zero-order valence-electron chi connectivity index (χ0n) is 16.9. The highest BCUT2D eigenvalue weighted by atomic mass is 19.1. The lowest BCUT2D eigenvalue weighted by Gasteiger charge is -2.15. The SMILES string of the molecule is Cc1ccc(NC(=O)Nc2ccccc2)cc1NC(=O)CC(C)c1ccc(F)cc1. The van der Waals surface area contributed by atoms with E-state index in [2.05, 4.69) is 16.0 Å². The van der Waals surface area contributed by atoms with Crippen molar-refractivity contribution in [2.45, 2.75) is 26.2 Å². The van der Waals surface area contributed by atoms with E-state index in [9.17, 15) is 14.0 Å². The van der Waals surface area contributed by atoms with Crippen molar-refractivity contribution in [2.24, 2.45) is 0 Å². The van der Waals surface area contributed by atoms with E-state index >= 15 is 0 Å². The number of carbonyl (C=O) groups excluding carboxylic acids is 2. The average Bonchev–Trinajstić information content (AvgIpc) is 2.71. The first-order valence-corrected chi connectivity index (χ1v) is 9.70. The summed E-state index contributed by atoms with van der Waals surface area (Å²) in [6.45, 7) is 3.80. The number of anilines is 3. The minimum Gasteiger partial charge on any atom is -0.326 e. The first-order chi connectivity index (χ1) is 14.4. The van der Waals surface area contributed by atoms with Crippen LogP contribution >= 0.6 is 0 Å². The molecule has 1 atom stereocenters. The van der Waals surface area contributed by atoms with Crippen LogP contribution in [0.4, 0.5) is 26.2 Å². The summed E-state index contributed by atoms with van der Waals surface area (Å²) in [5.41, 5.74) is 3.66. The molecule has 0 bridgehead atoms. The number of halogens is 1. The van der Waals surface area contributed by atoms with E-state index in [1.54, 1.807) is 36.4 Å². The predicted octanol–water partition coefficient (Wildman–Crippen LogP) is 5.91. The molecule has 3 rings (SSSR count). The van der Waals surface area contributed by atoms with Crippen LogP contribution in [0.15, 0.2) is 72.8 Å². The van der Waals surface area contributed by atoms with Gasteiger partial charge in [-0.1, -0.05) is 43.3 Å². The van der Waals surface area contributed by atoms with E-state index in [-0.39, 0.29) is 30.1 Å². The first kappa shape index (κ1) is 21.0. The van der Waals surface area contributed by atoms with Gasteiger partial charge in [0.25, 0.3) is 0 Å². The Morgan fingerprint density at radius 1 is 0.867 bits per heavy atom. The van der Waals surface area contributed by atoms with Crippen LogP contribution in [-0.2, 0) is 4.79 Å². The van der Waals surface area contributed by atoms with Crippen LogP contribution in [-0.4, -0.2) is 11.9 Å². The molecule has 154 valence electrons. The molecule has 1 unspecified atom stereocenters. The molecule has 0 aliphatic rings. The monoisotopic (exact) mass is 405 g/mol. The van der Waals surface area contributed by atoms with Crippen LogP contribution in [0.1, 0.15) is 30.4 Å². The molecule has 6 heteroatoms. The van der Waals surface area contributed by atoms with Crippen LogP contribution in [0.3, 0.4) is 0 Å². The fourth-order valence-corrected chi connectivity index (χ4v) is 3.04. The van der Waals surface area contributed by atoms with Crippen molar-refractivity contribution in [1.82, 2.24) is 0 Å². The molecule has 5 nitrogen and oxygen atoms in total. The van der Waals surface area contributed by atoms with Gasteiger partial charge < -0.3 is 16.0 Å². The number of carbonyl (C=O) groups is 2. The zero-order chi connectivity index (χ0) is 21.5. The van der Waals surface area contributed by atoms with Crippen molar-refractivity contribution in [3.8, 4) is 0 Å². The Bertz CT molecular complexity index is 1020. The van der Waals surface area contributed by atoms with Gasteiger partial charge in [-0.3, -0.25) is 4.79 Å². The lowest BCUT2D eigenvalue weighted by molar-refractivity contribution is -0.116. The molecular weight excluding hydrogens is 381 g/mol. The molecule has 0 fully saturated rings. The number of nitrogens with one attached hydrogen (secondary N) is 3. The Morgan fingerprint density at radius 3 is 2.23 bits per heavy atom. The molecule has 30 heavy (non-hydrogen) atoms. The fourth-order valence-electron chi connectivity index (χ4n) is 3.04. The van der Waals surface area contributed by atoms with E-state index in [0.29, 0.717) is 17.1 Å². The maximum atomic E-state index is 13.1. The third kappa shape index (κ3) is 5.91. The molecule has 0 aliphatic heterocycles. The van der Waals surface area contributed by atoms with Crippen molar-refractivity contribution >= 4 is 29.0 Å². The zero-order valence-corrected chi connectivity index (χ0v) is 16.9. The summed E-state index contributed by atoms with van der Waals surface area (Å²) in [5.74, 6) is -0.503. The predicted molar refractivity (Wildman–Crippen MR) is 118 cm³/mol. The summed E-state index contributed by atoms with van der Waals surface area (Å²) in [5, 5.41) is 8.42. The number of aryl methyl sites for hydroxylation is 1. The van der Waals surface area contributed by atoms with Crippen LogP contribution in [0.5, 0.6) is 0 Å². The van der Waals surface area contributed by atoms with Gasteiger partial charge in [0.15, 0.2) is 0 Å². The molecule has 3 amide bonds. The molecule has 3 aromatic carbocycles. The fraction of sp³-hybridized carbons (Fsp3) is 0.167. The quantitative estimate of drug-likeness (QED) is 0.477. The van der Waals surface area contributed by atoms with E-state index in [1.807, 2.05) is 38.1 Å². The number of urea groups is 1. The second-order valence-electron chi connectivity index (χ2n) is 7.18. The first-order valence-electron chi connectivity index (χ1n) is 9.70. The summed E-state index contributed by atoms with van der Waals surface area (Å²) >= 11 is 0. The van der Waals surface area contributed by atoms with E-state index < -0.39 is 0 Å². The number of hydrogen-bond acceptors (Lipinski definition) is 2. The second kappa shape index (κ2) is 9.69. The largest absolute Gasteiger partial charge is 0.326 e. The van der Waals surface area contributed by atoms with Gasteiger partial charge in [0.2, 0.25) is 5.91 Å². The lowest BCUT2D eigenvalue weighted by Crippen LogP contribution is -2.20. The van der Waals surface area contributed by atoms with E-state index in [1.165, 1.54) is 12.1 Å². The Morgan fingerprint density at radius 2 is 1.53 bits per heavy atom. The number of benzene rings is 3. The smallest absolute Gasteiger partial charge is 0.323 e. The van der Waals surface area contributed by atoms with Crippen molar-refractivity contribution in [1.29, 1.82) is 0 Å². The van der Waals surface area contributed by atoms with Crippen LogP contribution in [0, 0.1) is 12.7 Å². The third-order valence-corrected chi connectivity index (χ3v) is 4.73.